The Bertz CT molecular complexity index is 1560. The Morgan fingerprint density at radius 2 is 1.78 bits per heavy atom. The van der Waals surface area contributed by atoms with E-state index in [9.17, 15) is 14.4 Å². The molecule has 41 heavy (non-hydrogen) atoms. The molecule has 216 valence electrons. The van der Waals surface area contributed by atoms with Crippen LogP contribution in [0.25, 0.3) is 28.2 Å². The monoisotopic (exact) mass is 562 g/mol. The number of nitrogens with one attached hydrogen (secondary N) is 2. The van der Waals surface area contributed by atoms with Crippen molar-refractivity contribution < 1.29 is 24.3 Å². The van der Waals surface area contributed by atoms with Gasteiger partial charge in [-0.2, -0.15) is 0 Å². The number of ether oxygens (including phenoxy) is 2. The maximum Gasteiger partial charge on any atom is 0.332 e. The van der Waals surface area contributed by atoms with Crippen molar-refractivity contribution in [3.05, 3.63) is 64.7 Å². The van der Waals surface area contributed by atoms with Crippen molar-refractivity contribution in [1.82, 2.24) is 29.9 Å². The molecule has 0 saturated heterocycles. The third kappa shape index (κ3) is 6.90. The van der Waals surface area contributed by atoms with Crippen molar-refractivity contribution in [2.24, 2.45) is 0 Å². The zero-order valence-electron chi connectivity index (χ0n) is 23.3. The summed E-state index contributed by atoms with van der Waals surface area (Å²) in [6.07, 6.45) is 3.18. The Hall–Kier alpha value is -4.71. The van der Waals surface area contributed by atoms with Crippen LogP contribution in [0.2, 0.25) is 0 Å². The van der Waals surface area contributed by atoms with Crippen LogP contribution in [-0.4, -0.2) is 68.9 Å². The number of carbonyl (C=O) groups is 2. The number of methoxy groups -OCH3 is 1. The number of fused-ring (bicyclic) bond motifs is 1. The third-order valence-corrected chi connectivity index (χ3v) is 6.47. The van der Waals surface area contributed by atoms with Gasteiger partial charge in [-0.1, -0.05) is 25.0 Å². The molecule has 12 heteroatoms. The SMILES string of the molecule is CCOc1ccc(-c2nc(C(=O)NCCCCCCC(=O)N(C)O)c3[nH]c(=O)n(-c4ccccc4OC)c3n2)cc1. The van der Waals surface area contributed by atoms with Gasteiger partial charge >= 0.3 is 5.69 Å². The average Bonchev–Trinajstić information content (AvgIpc) is 3.31. The first-order valence-corrected chi connectivity index (χ1v) is 13.5. The van der Waals surface area contributed by atoms with E-state index in [2.05, 4.69) is 20.3 Å². The predicted molar refractivity (Wildman–Crippen MR) is 153 cm³/mol. The van der Waals surface area contributed by atoms with Gasteiger partial charge in [0.15, 0.2) is 17.2 Å². The van der Waals surface area contributed by atoms with Crippen molar-refractivity contribution in [1.29, 1.82) is 0 Å². The molecule has 2 aromatic carbocycles. The first-order chi connectivity index (χ1) is 19.8. The van der Waals surface area contributed by atoms with Gasteiger partial charge in [0.2, 0.25) is 5.91 Å². The third-order valence-electron chi connectivity index (χ3n) is 6.47. The smallest absolute Gasteiger partial charge is 0.332 e. The van der Waals surface area contributed by atoms with Gasteiger partial charge in [-0.05, 0) is 56.2 Å². The second kappa shape index (κ2) is 13.6. The quantitative estimate of drug-likeness (QED) is 0.127. The second-order valence-corrected chi connectivity index (χ2v) is 9.33. The van der Waals surface area contributed by atoms with Crippen LogP contribution in [-0.2, 0) is 4.79 Å². The molecule has 4 aromatic rings. The number of para-hydroxylation sites is 2. The van der Waals surface area contributed by atoms with Gasteiger partial charge in [-0.15, -0.1) is 0 Å². The molecule has 0 aliphatic carbocycles. The van der Waals surface area contributed by atoms with Gasteiger partial charge in [0, 0.05) is 25.6 Å². The minimum absolute atomic E-state index is 0.0428. The number of rotatable bonds is 13. The van der Waals surface area contributed by atoms with E-state index in [1.807, 2.05) is 6.92 Å². The van der Waals surface area contributed by atoms with E-state index < -0.39 is 11.6 Å². The van der Waals surface area contributed by atoms with Gasteiger partial charge in [0.05, 0.1) is 19.4 Å². The lowest BCUT2D eigenvalue weighted by atomic mass is 10.1. The van der Waals surface area contributed by atoms with E-state index in [-0.39, 0.29) is 35.0 Å². The van der Waals surface area contributed by atoms with Crippen molar-refractivity contribution >= 4 is 23.0 Å². The molecule has 0 bridgehead atoms. The summed E-state index contributed by atoms with van der Waals surface area (Å²) in [4.78, 5) is 50.0. The minimum atomic E-state index is -0.486. The van der Waals surface area contributed by atoms with Crippen LogP contribution < -0.4 is 20.5 Å². The van der Waals surface area contributed by atoms with Crippen LogP contribution in [0, 0.1) is 0 Å². The number of hydrogen-bond acceptors (Lipinski definition) is 8. The van der Waals surface area contributed by atoms with E-state index in [1.54, 1.807) is 48.5 Å². The molecule has 2 heterocycles. The van der Waals surface area contributed by atoms with Crippen LogP contribution in [0.3, 0.4) is 0 Å². The minimum Gasteiger partial charge on any atom is -0.495 e. The number of unbranched alkanes of at least 4 members (excludes halogenated alkanes) is 3. The lowest BCUT2D eigenvalue weighted by Crippen LogP contribution is -2.26. The predicted octanol–water partition coefficient (Wildman–Crippen LogP) is 3.71. The van der Waals surface area contributed by atoms with Crippen LogP contribution >= 0.6 is 0 Å². The zero-order chi connectivity index (χ0) is 29.4. The number of aromatic amines is 1. The van der Waals surface area contributed by atoms with Gasteiger partial charge in [0.25, 0.3) is 5.91 Å². The van der Waals surface area contributed by atoms with Crippen LogP contribution in [0.4, 0.5) is 0 Å². The fraction of sp³-hybridized carbons (Fsp3) is 0.345. The summed E-state index contributed by atoms with van der Waals surface area (Å²) in [7, 11) is 2.82. The number of H-pyrrole nitrogens is 1. The van der Waals surface area contributed by atoms with Crippen molar-refractivity contribution in [3.8, 4) is 28.6 Å². The fourth-order valence-corrected chi connectivity index (χ4v) is 4.39. The van der Waals surface area contributed by atoms with Gasteiger partial charge in [-0.25, -0.2) is 24.4 Å². The summed E-state index contributed by atoms with van der Waals surface area (Å²) in [5, 5.41) is 12.6. The zero-order valence-corrected chi connectivity index (χ0v) is 23.3. The Kier molecular flexibility index (Phi) is 9.69. The maximum atomic E-state index is 13.4. The number of hydrogen-bond donors (Lipinski definition) is 3. The Morgan fingerprint density at radius 1 is 1.05 bits per heavy atom. The molecule has 12 nitrogen and oxygen atoms in total. The Balaban J connectivity index is 1.63. The fourth-order valence-electron chi connectivity index (χ4n) is 4.39. The molecule has 0 saturated carbocycles. The van der Waals surface area contributed by atoms with Crippen LogP contribution in [0.1, 0.15) is 49.5 Å². The number of benzene rings is 2. The van der Waals surface area contributed by atoms with E-state index >= 15 is 0 Å². The Morgan fingerprint density at radius 3 is 2.49 bits per heavy atom. The molecule has 0 unspecified atom stereocenters. The summed E-state index contributed by atoms with van der Waals surface area (Å²) in [6.45, 7) is 2.81. The summed E-state index contributed by atoms with van der Waals surface area (Å²) >= 11 is 0. The summed E-state index contributed by atoms with van der Waals surface area (Å²) in [5.74, 6) is 0.649. The molecular formula is C29H34N6O6. The number of carbonyl (C=O) groups excluding carboxylic acids is 2. The van der Waals surface area contributed by atoms with E-state index in [1.165, 1.54) is 18.7 Å². The molecule has 0 spiro atoms. The summed E-state index contributed by atoms with van der Waals surface area (Å²) in [6, 6.07) is 14.2. The van der Waals surface area contributed by atoms with Gasteiger partial charge < -0.3 is 19.8 Å². The number of hydroxylamine groups is 2. The van der Waals surface area contributed by atoms with E-state index in [0.717, 1.165) is 12.8 Å². The average molecular weight is 563 g/mol. The number of nitrogens with zero attached hydrogens (tertiary/aromatic N) is 4. The van der Waals surface area contributed by atoms with Crippen molar-refractivity contribution in [3.63, 3.8) is 0 Å². The number of aromatic nitrogens is 4. The van der Waals surface area contributed by atoms with E-state index in [0.29, 0.717) is 53.8 Å². The highest BCUT2D eigenvalue weighted by molar-refractivity contribution is 6.03. The first kappa shape index (κ1) is 29.3. The largest absolute Gasteiger partial charge is 0.495 e. The highest BCUT2D eigenvalue weighted by Crippen LogP contribution is 2.27. The molecule has 4 rings (SSSR count). The molecule has 0 aliphatic rings. The van der Waals surface area contributed by atoms with Crippen LogP contribution in [0.5, 0.6) is 11.5 Å². The van der Waals surface area contributed by atoms with Crippen molar-refractivity contribution in [2.75, 3.05) is 27.3 Å². The summed E-state index contributed by atoms with van der Waals surface area (Å²) in [5.41, 5.74) is 1.12. The lowest BCUT2D eigenvalue weighted by Gasteiger charge is -2.11. The van der Waals surface area contributed by atoms with Gasteiger partial charge in [-0.3, -0.25) is 14.8 Å². The maximum absolute atomic E-state index is 13.4. The van der Waals surface area contributed by atoms with Crippen molar-refractivity contribution in [2.45, 2.75) is 39.0 Å². The molecular weight excluding hydrogens is 528 g/mol. The Labute approximate surface area is 236 Å². The highest BCUT2D eigenvalue weighted by atomic mass is 16.5. The van der Waals surface area contributed by atoms with Gasteiger partial charge in [0.1, 0.15) is 17.0 Å². The molecule has 3 N–H and O–H groups in total. The number of amides is 2. The summed E-state index contributed by atoms with van der Waals surface area (Å²) < 4.78 is 12.4. The van der Waals surface area contributed by atoms with E-state index in [4.69, 9.17) is 14.7 Å². The first-order valence-electron chi connectivity index (χ1n) is 13.5. The molecule has 0 atom stereocenters. The number of imidazole rings is 1. The molecule has 2 amide bonds. The molecule has 0 aliphatic heterocycles. The highest BCUT2D eigenvalue weighted by Gasteiger charge is 2.23. The normalized spacial score (nSPS) is 10.9. The molecule has 0 fully saturated rings. The molecule has 0 radical (unpaired) electrons. The van der Waals surface area contributed by atoms with Crippen LogP contribution in [0.15, 0.2) is 53.3 Å². The lowest BCUT2D eigenvalue weighted by molar-refractivity contribution is -0.159. The standard InChI is InChI=1S/C29H34N6O6/c1-4-41-20-16-14-19(15-17-20)26-31-25(28(37)30-18-10-6-5-7-13-23(36)34(2)39)24-27(33-26)35(29(38)32-24)21-11-8-9-12-22(21)40-3/h8-9,11-12,14-17,39H,4-7,10,13,18H2,1-3H3,(H,30,37)(H,32,38). The second-order valence-electron chi connectivity index (χ2n) is 9.33. The topological polar surface area (TPSA) is 152 Å². The molecule has 2 aromatic heterocycles.